The largest absolute Gasteiger partial charge is 0.463 e. The quantitative estimate of drug-likeness (QED) is 0.334. The molecule has 0 aliphatic heterocycles. The molecule has 0 rings (SSSR count). The second-order valence-electron chi connectivity index (χ2n) is 2.57. The second kappa shape index (κ2) is 11.9. The molecule has 0 N–H and O–H groups in total. The maximum Gasteiger partial charge on any atom is 0.316 e. The number of hydrogen-bond donors (Lipinski definition) is 0. The SMILES string of the molecule is COCCOCCOCCOC(=O)CBr. The number of ether oxygens (including phenoxy) is 4. The second-order valence-corrected chi connectivity index (χ2v) is 3.13. The van der Waals surface area contributed by atoms with Crippen LogP contribution < -0.4 is 0 Å². The first kappa shape index (κ1) is 14.8. The lowest BCUT2D eigenvalue weighted by molar-refractivity contribution is -0.142. The normalized spacial score (nSPS) is 10.3. The molecule has 0 aromatic heterocycles. The molecule has 0 aliphatic rings. The van der Waals surface area contributed by atoms with Gasteiger partial charge in [-0.25, -0.2) is 0 Å². The van der Waals surface area contributed by atoms with Crippen molar-refractivity contribution in [1.29, 1.82) is 0 Å². The van der Waals surface area contributed by atoms with Crippen molar-refractivity contribution in [3.05, 3.63) is 0 Å². The minimum atomic E-state index is -0.282. The molecule has 0 aromatic carbocycles. The number of alkyl halides is 1. The van der Waals surface area contributed by atoms with Gasteiger partial charge in [0.2, 0.25) is 0 Å². The summed E-state index contributed by atoms with van der Waals surface area (Å²) in [4.78, 5) is 10.7. The zero-order valence-electron chi connectivity index (χ0n) is 8.87. The molecular weight excluding hydrogens is 268 g/mol. The average molecular weight is 285 g/mol. The smallest absolute Gasteiger partial charge is 0.316 e. The van der Waals surface area contributed by atoms with Crippen molar-refractivity contribution in [2.24, 2.45) is 0 Å². The Balaban J connectivity index is 2.95. The van der Waals surface area contributed by atoms with E-state index in [4.69, 9.17) is 18.9 Å². The van der Waals surface area contributed by atoms with Crippen LogP contribution in [0.5, 0.6) is 0 Å². The molecule has 0 saturated carbocycles. The van der Waals surface area contributed by atoms with Gasteiger partial charge in [-0.05, 0) is 0 Å². The summed E-state index contributed by atoms with van der Waals surface area (Å²) in [5, 5.41) is 0.215. The maximum atomic E-state index is 10.7. The van der Waals surface area contributed by atoms with Crippen molar-refractivity contribution in [3.8, 4) is 0 Å². The lowest BCUT2D eigenvalue weighted by Crippen LogP contribution is -2.14. The Hall–Kier alpha value is -0.170. The van der Waals surface area contributed by atoms with Gasteiger partial charge in [-0.15, -0.1) is 0 Å². The number of hydrogen-bond acceptors (Lipinski definition) is 5. The topological polar surface area (TPSA) is 54.0 Å². The van der Waals surface area contributed by atoms with Gasteiger partial charge in [-0.1, -0.05) is 15.9 Å². The third-order valence-corrected chi connectivity index (χ3v) is 1.86. The van der Waals surface area contributed by atoms with E-state index >= 15 is 0 Å². The molecule has 0 heterocycles. The van der Waals surface area contributed by atoms with E-state index in [1.165, 1.54) is 0 Å². The monoisotopic (exact) mass is 284 g/mol. The molecule has 90 valence electrons. The molecule has 15 heavy (non-hydrogen) atoms. The van der Waals surface area contributed by atoms with Crippen LogP contribution in [0, 0.1) is 0 Å². The first-order valence-electron chi connectivity index (χ1n) is 4.67. The van der Waals surface area contributed by atoms with Gasteiger partial charge < -0.3 is 18.9 Å². The van der Waals surface area contributed by atoms with E-state index in [1.54, 1.807) is 7.11 Å². The van der Waals surface area contributed by atoms with Crippen LogP contribution in [0.3, 0.4) is 0 Å². The fraction of sp³-hybridized carbons (Fsp3) is 0.889. The summed E-state index contributed by atoms with van der Waals surface area (Å²) in [6.45, 7) is 2.85. The Morgan fingerprint density at radius 2 is 1.53 bits per heavy atom. The molecule has 0 atom stereocenters. The van der Waals surface area contributed by atoms with Gasteiger partial charge in [0, 0.05) is 7.11 Å². The minimum Gasteiger partial charge on any atom is -0.463 e. The molecule has 0 fully saturated rings. The number of rotatable bonds is 10. The highest BCUT2D eigenvalue weighted by Gasteiger charge is 1.97. The Labute approximate surface area is 98.1 Å². The molecule has 0 aromatic rings. The maximum absolute atomic E-state index is 10.7. The van der Waals surface area contributed by atoms with Crippen molar-refractivity contribution in [1.82, 2.24) is 0 Å². The van der Waals surface area contributed by atoms with E-state index < -0.39 is 0 Å². The molecule has 0 bridgehead atoms. The molecule has 0 spiro atoms. The van der Waals surface area contributed by atoms with E-state index in [2.05, 4.69) is 15.9 Å². The van der Waals surface area contributed by atoms with E-state index in [0.29, 0.717) is 33.0 Å². The van der Waals surface area contributed by atoms with Crippen LogP contribution in [0.25, 0.3) is 0 Å². The predicted octanol–water partition coefficient (Wildman–Crippen LogP) is 0.604. The molecule has 0 amide bonds. The highest BCUT2D eigenvalue weighted by molar-refractivity contribution is 9.09. The van der Waals surface area contributed by atoms with Crippen LogP contribution in [0.1, 0.15) is 0 Å². The fourth-order valence-corrected chi connectivity index (χ4v) is 0.879. The van der Waals surface area contributed by atoms with Crippen molar-refractivity contribution < 1.29 is 23.7 Å². The molecule has 6 heteroatoms. The molecule has 0 saturated heterocycles. The fourth-order valence-electron chi connectivity index (χ4n) is 0.717. The first-order chi connectivity index (χ1) is 7.31. The van der Waals surface area contributed by atoms with E-state index in [0.717, 1.165) is 0 Å². The summed E-state index contributed by atoms with van der Waals surface area (Å²) in [6.07, 6.45) is 0. The molecule has 0 unspecified atom stereocenters. The molecule has 0 aliphatic carbocycles. The van der Waals surface area contributed by atoms with Gasteiger partial charge in [0.25, 0.3) is 0 Å². The third-order valence-electron chi connectivity index (χ3n) is 1.40. The Morgan fingerprint density at radius 3 is 2.07 bits per heavy atom. The van der Waals surface area contributed by atoms with Crippen molar-refractivity contribution in [2.45, 2.75) is 0 Å². The molecule has 5 nitrogen and oxygen atoms in total. The van der Waals surface area contributed by atoms with E-state index in [-0.39, 0.29) is 17.9 Å². The Bertz CT molecular complexity index is 153. The summed E-state index contributed by atoms with van der Waals surface area (Å²) >= 11 is 2.99. The Morgan fingerprint density at radius 1 is 1.00 bits per heavy atom. The lowest BCUT2D eigenvalue weighted by atomic mass is 10.7. The third kappa shape index (κ3) is 11.8. The zero-order chi connectivity index (χ0) is 11.4. The lowest BCUT2D eigenvalue weighted by Gasteiger charge is -2.05. The van der Waals surface area contributed by atoms with Crippen LogP contribution in [-0.4, -0.2) is 58.1 Å². The van der Waals surface area contributed by atoms with E-state index in [9.17, 15) is 4.79 Å². The van der Waals surface area contributed by atoms with Gasteiger partial charge in [0.15, 0.2) is 0 Å². The zero-order valence-corrected chi connectivity index (χ0v) is 10.5. The first-order valence-corrected chi connectivity index (χ1v) is 5.79. The van der Waals surface area contributed by atoms with E-state index in [1.807, 2.05) is 0 Å². The van der Waals surface area contributed by atoms with Crippen LogP contribution in [0.15, 0.2) is 0 Å². The average Bonchev–Trinajstić information content (AvgIpc) is 2.26. The Kier molecular flexibility index (Phi) is 11.8. The van der Waals surface area contributed by atoms with Gasteiger partial charge >= 0.3 is 5.97 Å². The summed E-state index contributed by atoms with van der Waals surface area (Å²) in [5.74, 6) is -0.282. The van der Waals surface area contributed by atoms with Crippen molar-refractivity contribution >= 4 is 21.9 Å². The van der Waals surface area contributed by atoms with Crippen LogP contribution in [-0.2, 0) is 23.7 Å². The van der Waals surface area contributed by atoms with Gasteiger partial charge in [-0.2, -0.15) is 0 Å². The minimum absolute atomic E-state index is 0.215. The highest BCUT2D eigenvalue weighted by Crippen LogP contribution is 1.86. The van der Waals surface area contributed by atoms with Crippen LogP contribution >= 0.6 is 15.9 Å². The van der Waals surface area contributed by atoms with Gasteiger partial charge in [0.05, 0.1) is 33.0 Å². The molecular formula is C9H17BrO5. The van der Waals surface area contributed by atoms with Crippen molar-refractivity contribution in [2.75, 3.05) is 52.1 Å². The summed E-state index contributed by atoms with van der Waals surface area (Å²) in [5.41, 5.74) is 0. The van der Waals surface area contributed by atoms with Gasteiger partial charge in [-0.3, -0.25) is 4.79 Å². The summed E-state index contributed by atoms with van der Waals surface area (Å²) in [7, 11) is 1.62. The number of carbonyl (C=O) groups is 1. The van der Waals surface area contributed by atoms with Crippen LogP contribution in [0.2, 0.25) is 0 Å². The predicted molar refractivity (Wildman–Crippen MR) is 58.3 cm³/mol. The van der Waals surface area contributed by atoms with Crippen LogP contribution in [0.4, 0.5) is 0 Å². The number of methoxy groups -OCH3 is 1. The summed E-state index contributed by atoms with van der Waals surface area (Å²) in [6, 6.07) is 0. The highest BCUT2D eigenvalue weighted by atomic mass is 79.9. The number of carbonyl (C=O) groups excluding carboxylic acids is 1. The van der Waals surface area contributed by atoms with Crippen molar-refractivity contribution in [3.63, 3.8) is 0 Å². The summed E-state index contributed by atoms with van der Waals surface area (Å²) < 4.78 is 19.9. The number of esters is 1. The van der Waals surface area contributed by atoms with Gasteiger partial charge in [0.1, 0.15) is 11.9 Å². The molecule has 0 radical (unpaired) electrons. The number of halogens is 1. The standard InChI is InChI=1S/C9H17BrO5/c1-12-2-3-13-4-5-14-6-7-15-9(11)8-10/h2-8H2,1H3.